The Balaban J connectivity index is 1.73. The van der Waals surface area contributed by atoms with Gasteiger partial charge in [0.2, 0.25) is 0 Å². The van der Waals surface area contributed by atoms with E-state index in [2.05, 4.69) is 20.3 Å². The van der Waals surface area contributed by atoms with Gasteiger partial charge in [-0.05, 0) is 48.9 Å². The number of anilines is 1. The van der Waals surface area contributed by atoms with Crippen molar-refractivity contribution in [3.05, 3.63) is 64.8 Å². The molecule has 0 aliphatic carbocycles. The van der Waals surface area contributed by atoms with Crippen molar-refractivity contribution in [2.24, 2.45) is 0 Å². The number of alkyl halides is 2. The molecule has 1 amide bonds. The number of H-pyrrole nitrogens is 1. The summed E-state index contributed by atoms with van der Waals surface area (Å²) >= 11 is 5.86. The first-order chi connectivity index (χ1) is 12.4. The van der Waals surface area contributed by atoms with Gasteiger partial charge in [-0.15, -0.1) is 0 Å². The summed E-state index contributed by atoms with van der Waals surface area (Å²) in [6.07, 6.45) is 0. The number of amides is 1. The number of rotatable bonds is 5. The summed E-state index contributed by atoms with van der Waals surface area (Å²) in [5.41, 5.74) is 2.76. The zero-order valence-electron chi connectivity index (χ0n) is 13.6. The van der Waals surface area contributed by atoms with Crippen LogP contribution in [0.2, 0.25) is 5.02 Å². The molecule has 0 aliphatic rings. The lowest BCUT2D eigenvalue weighted by molar-refractivity contribution is -0.0498. The Hall–Kier alpha value is -2.93. The number of benzene rings is 2. The number of aryl methyl sites for hydroxylation is 1. The van der Waals surface area contributed by atoms with Crippen LogP contribution in [0.15, 0.2) is 48.5 Å². The van der Waals surface area contributed by atoms with Crippen LogP contribution in [0, 0.1) is 6.92 Å². The molecule has 0 atom stereocenters. The van der Waals surface area contributed by atoms with Gasteiger partial charge >= 0.3 is 6.61 Å². The molecule has 1 heterocycles. The van der Waals surface area contributed by atoms with Crippen LogP contribution in [0.5, 0.6) is 5.75 Å². The molecule has 3 rings (SSSR count). The SMILES string of the molecule is Cc1cc(OC(F)F)ccc1NC(=O)c1cc(-c2ccc(Cl)cc2)n[nH]1. The Kier molecular flexibility index (Phi) is 5.18. The zero-order chi connectivity index (χ0) is 18.7. The summed E-state index contributed by atoms with van der Waals surface area (Å²) in [4.78, 5) is 12.4. The van der Waals surface area contributed by atoms with E-state index in [9.17, 15) is 13.6 Å². The topological polar surface area (TPSA) is 67.0 Å². The van der Waals surface area contributed by atoms with E-state index in [4.69, 9.17) is 11.6 Å². The van der Waals surface area contributed by atoms with Crippen LogP contribution in [-0.4, -0.2) is 22.7 Å². The molecule has 0 bridgehead atoms. The third-order valence-corrected chi connectivity index (χ3v) is 3.89. The Morgan fingerprint density at radius 1 is 1.19 bits per heavy atom. The molecule has 5 nitrogen and oxygen atoms in total. The highest BCUT2D eigenvalue weighted by Crippen LogP contribution is 2.24. The number of hydrogen-bond acceptors (Lipinski definition) is 3. The average Bonchev–Trinajstić information content (AvgIpc) is 3.07. The Morgan fingerprint density at radius 3 is 2.58 bits per heavy atom. The summed E-state index contributed by atoms with van der Waals surface area (Å²) in [6.45, 7) is -1.22. The van der Waals surface area contributed by atoms with E-state index in [1.54, 1.807) is 37.3 Å². The maximum absolute atomic E-state index is 12.4. The lowest BCUT2D eigenvalue weighted by Gasteiger charge is -2.10. The molecule has 0 saturated heterocycles. The number of nitrogens with one attached hydrogen (secondary N) is 2. The molecule has 0 saturated carbocycles. The van der Waals surface area contributed by atoms with Gasteiger partial charge in [0.15, 0.2) is 0 Å². The summed E-state index contributed by atoms with van der Waals surface area (Å²) in [5, 5.41) is 10.1. The quantitative estimate of drug-likeness (QED) is 0.665. The summed E-state index contributed by atoms with van der Waals surface area (Å²) in [7, 11) is 0. The standard InChI is InChI=1S/C18H14ClF2N3O2/c1-10-8-13(26-18(20)21)6-7-14(10)22-17(25)16-9-15(23-24-16)11-2-4-12(19)5-3-11/h2-9,18H,1H3,(H,22,25)(H,23,24). The van der Waals surface area contributed by atoms with Gasteiger partial charge in [0.25, 0.3) is 5.91 Å². The first kappa shape index (κ1) is 17.9. The van der Waals surface area contributed by atoms with E-state index in [-0.39, 0.29) is 11.4 Å². The normalized spacial score (nSPS) is 10.8. The van der Waals surface area contributed by atoms with Gasteiger partial charge in [-0.3, -0.25) is 9.89 Å². The Labute approximate surface area is 152 Å². The zero-order valence-corrected chi connectivity index (χ0v) is 14.3. The van der Waals surface area contributed by atoms with Crippen molar-refractivity contribution in [2.45, 2.75) is 13.5 Å². The third kappa shape index (κ3) is 4.18. The van der Waals surface area contributed by atoms with Gasteiger partial charge < -0.3 is 10.1 Å². The first-order valence-corrected chi connectivity index (χ1v) is 7.98. The summed E-state index contributed by atoms with van der Waals surface area (Å²) in [6, 6.07) is 13.0. The second-order valence-corrected chi connectivity index (χ2v) is 5.92. The first-order valence-electron chi connectivity index (χ1n) is 7.60. The number of hydrogen-bond donors (Lipinski definition) is 2. The number of halogens is 3. The molecule has 0 fully saturated rings. The Bertz CT molecular complexity index is 926. The minimum absolute atomic E-state index is 0.0297. The van der Waals surface area contributed by atoms with Crippen LogP contribution < -0.4 is 10.1 Å². The van der Waals surface area contributed by atoms with Crippen molar-refractivity contribution in [1.82, 2.24) is 10.2 Å². The lowest BCUT2D eigenvalue weighted by Crippen LogP contribution is -2.13. The van der Waals surface area contributed by atoms with Crippen molar-refractivity contribution in [3.63, 3.8) is 0 Å². The van der Waals surface area contributed by atoms with Gasteiger partial charge in [0, 0.05) is 16.3 Å². The van der Waals surface area contributed by atoms with Crippen molar-refractivity contribution in [2.75, 3.05) is 5.32 Å². The predicted molar refractivity (Wildman–Crippen MR) is 94.8 cm³/mol. The van der Waals surface area contributed by atoms with E-state index in [0.29, 0.717) is 22.0 Å². The monoisotopic (exact) mass is 377 g/mol. The van der Waals surface area contributed by atoms with Crippen LogP contribution in [0.3, 0.4) is 0 Å². The summed E-state index contributed by atoms with van der Waals surface area (Å²) < 4.78 is 28.8. The van der Waals surface area contributed by atoms with Crippen molar-refractivity contribution >= 4 is 23.2 Å². The highest BCUT2D eigenvalue weighted by atomic mass is 35.5. The van der Waals surface area contributed by atoms with Gasteiger partial charge in [-0.25, -0.2) is 0 Å². The second kappa shape index (κ2) is 7.53. The summed E-state index contributed by atoms with van der Waals surface area (Å²) in [5.74, 6) is -0.370. The van der Waals surface area contributed by atoms with Crippen LogP contribution >= 0.6 is 11.6 Å². The number of nitrogens with zero attached hydrogens (tertiary/aromatic N) is 1. The van der Waals surface area contributed by atoms with Crippen LogP contribution in [0.4, 0.5) is 14.5 Å². The molecule has 26 heavy (non-hydrogen) atoms. The van der Waals surface area contributed by atoms with Gasteiger partial charge in [-0.1, -0.05) is 23.7 Å². The van der Waals surface area contributed by atoms with E-state index in [1.165, 1.54) is 18.2 Å². The highest BCUT2D eigenvalue weighted by molar-refractivity contribution is 6.30. The third-order valence-electron chi connectivity index (χ3n) is 3.63. The molecule has 0 aliphatic heterocycles. The van der Waals surface area contributed by atoms with Crippen LogP contribution in [-0.2, 0) is 0 Å². The van der Waals surface area contributed by atoms with E-state index >= 15 is 0 Å². The average molecular weight is 378 g/mol. The molecule has 134 valence electrons. The molecule has 2 N–H and O–H groups in total. The minimum atomic E-state index is -2.90. The van der Waals surface area contributed by atoms with E-state index in [0.717, 1.165) is 5.56 Å². The largest absolute Gasteiger partial charge is 0.435 e. The van der Waals surface area contributed by atoms with E-state index < -0.39 is 12.5 Å². The minimum Gasteiger partial charge on any atom is -0.435 e. The molecule has 3 aromatic rings. The van der Waals surface area contributed by atoms with Gasteiger partial charge in [-0.2, -0.15) is 13.9 Å². The number of aromatic amines is 1. The molecule has 0 spiro atoms. The second-order valence-electron chi connectivity index (χ2n) is 5.48. The van der Waals surface area contributed by atoms with E-state index in [1.807, 2.05) is 0 Å². The molecule has 1 aromatic heterocycles. The Morgan fingerprint density at radius 2 is 1.92 bits per heavy atom. The van der Waals surface area contributed by atoms with Crippen molar-refractivity contribution in [3.8, 4) is 17.0 Å². The molecular formula is C18H14ClF2N3O2. The number of carbonyl (C=O) groups is 1. The molecule has 8 heteroatoms. The maximum atomic E-state index is 12.4. The molecule has 0 radical (unpaired) electrons. The van der Waals surface area contributed by atoms with Crippen LogP contribution in [0.25, 0.3) is 11.3 Å². The molecular weight excluding hydrogens is 364 g/mol. The van der Waals surface area contributed by atoms with Crippen molar-refractivity contribution < 1.29 is 18.3 Å². The van der Waals surface area contributed by atoms with Crippen molar-refractivity contribution in [1.29, 1.82) is 0 Å². The smallest absolute Gasteiger partial charge is 0.387 e. The highest BCUT2D eigenvalue weighted by Gasteiger charge is 2.13. The number of aromatic nitrogens is 2. The van der Waals surface area contributed by atoms with Gasteiger partial charge in [0.05, 0.1) is 5.69 Å². The fourth-order valence-electron chi connectivity index (χ4n) is 2.35. The maximum Gasteiger partial charge on any atom is 0.387 e. The van der Waals surface area contributed by atoms with Gasteiger partial charge in [0.1, 0.15) is 11.4 Å². The molecule has 2 aromatic carbocycles. The lowest BCUT2D eigenvalue weighted by atomic mass is 10.1. The number of ether oxygens (including phenoxy) is 1. The molecule has 0 unspecified atom stereocenters. The number of carbonyl (C=O) groups excluding carboxylic acids is 1. The predicted octanol–water partition coefficient (Wildman–Crippen LogP) is 4.89. The fourth-order valence-corrected chi connectivity index (χ4v) is 2.47. The fraction of sp³-hybridized carbons (Fsp3) is 0.111. The van der Waals surface area contributed by atoms with Crippen LogP contribution in [0.1, 0.15) is 16.1 Å².